The predicted octanol–water partition coefficient (Wildman–Crippen LogP) is 6.25. The number of H-pyrrole nitrogens is 1. The lowest BCUT2D eigenvalue weighted by Gasteiger charge is -2.32. The number of hydrogen-bond acceptors (Lipinski definition) is 11. The lowest BCUT2D eigenvalue weighted by atomic mass is 10.0. The van der Waals surface area contributed by atoms with Crippen LogP contribution in [-0.2, 0) is 69.8 Å². The van der Waals surface area contributed by atoms with Crippen LogP contribution in [0.1, 0.15) is 109 Å². The molecule has 0 radical (unpaired) electrons. The van der Waals surface area contributed by atoms with E-state index in [0.29, 0.717) is 55.7 Å². The highest BCUT2D eigenvalue weighted by atomic mass is 32.2. The van der Waals surface area contributed by atoms with Gasteiger partial charge in [-0.25, -0.2) is 0 Å². The zero-order valence-corrected chi connectivity index (χ0v) is 54.5. The average molecular weight is 1300 g/mol. The number of benzene rings is 5. The summed E-state index contributed by atoms with van der Waals surface area (Å²) in [6, 6.07) is 40.7. The van der Waals surface area contributed by atoms with Gasteiger partial charge in [-0.3, -0.25) is 43.2 Å². The molecule has 2 aliphatic carbocycles. The van der Waals surface area contributed by atoms with E-state index in [2.05, 4.69) is 26.3 Å². The van der Waals surface area contributed by atoms with Crippen LogP contribution in [-0.4, -0.2) is 167 Å². The van der Waals surface area contributed by atoms with Crippen LogP contribution in [0.2, 0.25) is 0 Å². The first kappa shape index (κ1) is 69.5. The van der Waals surface area contributed by atoms with E-state index in [1.165, 1.54) is 31.4 Å². The second kappa shape index (κ2) is 35.4. The number of nitrogens with one attached hydrogen (secondary N) is 5. The van der Waals surface area contributed by atoms with Crippen molar-refractivity contribution in [2.45, 2.75) is 126 Å². The molecule has 2 aliphatic heterocycles. The van der Waals surface area contributed by atoms with Gasteiger partial charge in [0.05, 0.1) is 44.3 Å². The van der Waals surface area contributed by atoms with E-state index in [1.807, 2.05) is 134 Å². The van der Waals surface area contributed by atoms with E-state index in [-0.39, 0.29) is 113 Å². The van der Waals surface area contributed by atoms with Crippen LogP contribution in [0.5, 0.6) is 0 Å². The van der Waals surface area contributed by atoms with Gasteiger partial charge in [-0.15, -0.1) is 0 Å². The Bertz CT molecular complexity index is 3490. The van der Waals surface area contributed by atoms with Crippen LogP contribution in [0.4, 0.5) is 0 Å². The van der Waals surface area contributed by atoms with Crippen molar-refractivity contribution in [3.63, 3.8) is 0 Å². The van der Waals surface area contributed by atoms with Crippen LogP contribution < -0.4 is 32.7 Å². The normalized spacial score (nSPS) is 19.9. The molecule has 10 rings (SSSR count). The number of fused-ring (bicyclic) bond motifs is 30. The quantitative estimate of drug-likeness (QED) is 0.0352. The maximum atomic E-state index is 14.9. The first-order valence-corrected chi connectivity index (χ1v) is 34.4. The monoisotopic (exact) mass is 1300 g/mol. The second-order valence-electron chi connectivity index (χ2n) is 25.5. The number of carbonyl (C=O) groups excluding carboxylic acids is 9. The number of thioether (sulfide) groups is 1. The van der Waals surface area contributed by atoms with Crippen molar-refractivity contribution < 1.29 is 43.2 Å². The van der Waals surface area contributed by atoms with Gasteiger partial charge in [0.15, 0.2) is 0 Å². The highest BCUT2D eigenvalue weighted by Crippen LogP contribution is 2.34. The standard InChI is InChI=1S/C73H91N11O9S/c74-34-13-12-20-59-42-82(69(89)32-29-51-14-4-1-5-15-51)47-67(87)78-60(36-52-16-6-2-7-17-52)43-81(46-65(75)85)70(90)33-35-94-50-56-27-30-57(31-28-56)73(93)80-61(37-53-18-8-3-9-19-53)44-83(71(91)38-54-23-24-54)49-68(88)79-62(40-58-41-76-64-22-11-10-21-63(58)64)45-84(48-66(86)77-59)72(92)39-55-25-26-55/h1-11,14-19,21-22,27-28,30-31,41,54-55,59-62,76H,12-13,20,23-26,29,32-40,42-50,74H2,(H2,75,85)(H,77,86)(H,78,87)(H,79,88)(H,80,93)/t59-,60-,61-,62-/m0/s1. The maximum absolute atomic E-state index is 14.9. The Kier molecular flexibility index (Phi) is 26.2. The summed E-state index contributed by atoms with van der Waals surface area (Å²) in [6.45, 7) is -1.36. The van der Waals surface area contributed by atoms with Crippen LogP contribution in [0, 0.1) is 11.8 Å². The molecule has 1 aromatic heterocycles. The van der Waals surface area contributed by atoms with Crippen molar-refractivity contribution in [3.8, 4) is 0 Å². The number of nitrogens with two attached hydrogens (primary N) is 2. The minimum absolute atomic E-state index is 0.0179. The number of aryl methyl sites for hydroxylation is 1. The summed E-state index contributed by atoms with van der Waals surface area (Å²) in [5.41, 5.74) is 17.5. The van der Waals surface area contributed by atoms with Crippen molar-refractivity contribution in [3.05, 3.63) is 179 Å². The third kappa shape index (κ3) is 23.0. The fraction of sp³-hybridized carbons (Fsp3) is 0.438. The molecule has 6 aromatic rings. The van der Waals surface area contributed by atoms with Gasteiger partial charge in [-0.05, 0) is 129 Å². The van der Waals surface area contributed by atoms with E-state index >= 15 is 0 Å². The molecule has 5 aromatic carbocycles. The minimum Gasteiger partial charge on any atom is -0.368 e. The van der Waals surface area contributed by atoms with E-state index in [1.54, 1.807) is 12.1 Å². The van der Waals surface area contributed by atoms with Gasteiger partial charge in [0.25, 0.3) is 5.91 Å². The zero-order valence-electron chi connectivity index (χ0n) is 53.7. The molecule has 0 unspecified atom stereocenters. The maximum Gasteiger partial charge on any atom is 0.251 e. The number of aromatic amines is 1. The number of nitrogens with zero attached hydrogens (tertiary/aromatic N) is 4. The first-order valence-electron chi connectivity index (χ1n) is 33.2. The van der Waals surface area contributed by atoms with Crippen LogP contribution in [0.25, 0.3) is 10.9 Å². The lowest BCUT2D eigenvalue weighted by molar-refractivity contribution is -0.139. The van der Waals surface area contributed by atoms with Crippen LogP contribution >= 0.6 is 11.8 Å². The summed E-state index contributed by atoms with van der Waals surface area (Å²) in [4.78, 5) is 139. The molecule has 0 spiro atoms. The topological polar surface area (TPSA) is 283 Å². The molecule has 94 heavy (non-hydrogen) atoms. The summed E-state index contributed by atoms with van der Waals surface area (Å²) in [5, 5.41) is 13.6. The highest BCUT2D eigenvalue weighted by Gasteiger charge is 2.34. The zero-order chi connectivity index (χ0) is 66.2. The number of hydrogen-bond donors (Lipinski definition) is 7. The molecule has 9 amide bonds. The number of rotatable bonds is 19. The van der Waals surface area contributed by atoms with Crippen molar-refractivity contribution in [2.24, 2.45) is 23.3 Å². The van der Waals surface area contributed by atoms with Gasteiger partial charge < -0.3 is 57.3 Å². The molecule has 498 valence electrons. The van der Waals surface area contributed by atoms with Crippen LogP contribution in [0.3, 0.4) is 0 Å². The summed E-state index contributed by atoms with van der Waals surface area (Å²) >= 11 is 1.50. The Labute approximate surface area is 555 Å². The largest absolute Gasteiger partial charge is 0.368 e. The summed E-state index contributed by atoms with van der Waals surface area (Å²) < 4.78 is 0. The molecule has 4 atom stereocenters. The molecule has 2 bridgehead atoms. The molecule has 2 fully saturated rings. The molecular formula is C73H91N11O9S. The second-order valence-corrected chi connectivity index (χ2v) is 26.6. The van der Waals surface area contributed by atoms with E-state index in [9.17, 15) is 43.2 Å². The van der Waals surface area contributed by atoms with Crippen molar-refractivity contribution in [1.82, 2.24) is 45.9 Å². The molecule has 2 saturated carbocycles. The van der Waals surface area contributed by atoms with Crippen molar-refractivity contribution in [1.29, 1.82) is 0 Å². The number of aromatic nitrogens is 1. The smallest absolute Gasteiger partial charge is 0.251 e. The third-order valence-electron chi connectivity index (χ3n) is 17.5. The lowest BCUT2D eigenvalue weighted by Crippen LogP contribution is -2.55. The molecule has 4 aliphatic rings. The van der Waals surface area contributed by atoms with E-state index < -0.39 is 67.4 Å². The fourth-order valence-corrected chi connectivity index (χ4v) is 13.1. The van der Waals surface area contributed by atoms with Gasteiger partial charge in [-0.2, -0.15) is 11.8 Å². The first-order chi connectivity index (χ1) is 45.6. The predicted molar refractivity (Wildman–Crippen MR) is 364 cm³/mol. The third-order valence-corrected chi connectivity index (χ3v) is 18.5. The van der Waals surface area contributed by atoms with Gasteiger partial charge in [0.1, 0.15) is 0 Å². The molecule has 20 nitrogen and oxygen atoms in total. The number of carbonyl (C=O) groups is 9. The summed E-state index contributed by atoms with van der Waals surface area (Å²) in [5.74, 6) is -2.56. The number of amides is 9. The molecular weight excluding hydrogens is 1210 g/mol. The number of primary amides is 1. The Balaban J connectivity index is 1.05. The Morgan fingerprint density at radius 1 is 0.532 bits per heavy atom. The van der Waals surface area contributed by atoms with Crippen molar-refractivity contribution in [2.75, 3.05) is 64.7 Å². The average Bonchev–Trinajstić information content (AvgIpc) is 2.01. The van der Waals surface area contributed by atoms with Crippen LogP contribution in [0.15, 0.2) is 146 Å². The molecule has 21 heteroatoms. The highest BCUT2D eigenvalue weighted by molar-refractivity contribution is 7.98. The van der Waals surface area contributed by atoms with Gasteiger partial charge >= 0.3 is 0 Å². The van der Waals surface area contributed by atoms with E-state index in [0.717, 1.165) is 64.4 Å². The van der Waals surface area contributed by atoms with Gasteiger partial charge in [0, 0.05) is 92.1 Å². The summed E-state index contributed by atoms with van der Waals surface area (Å²) in [7, 11) is 0. The van der Waals surface area contributed by atoms with Gasteiger partial charge in [0.2, 0.25) is 47.3 Å². The Hall–Kier alpha value is -8.82. The van der Waals surface area contributed by atoms with Crippen molar-refractivity contribution >= 4 is 75.8 Å². The fourth-order valence-electron chi connectivity index (χ4n) is 12.2. The number of unbranched alkanes of at least 4 members (excludes halogenated alkanes) is 1. The summed E-state index contributed by atoms with van der Waals surface area (Å²) in [6.07, 6.45) is 8.74. The molecule has 9 N–H and O–H groups in total. The Morgan fingerprint density at radius 3 is 1.59 bits per heavy atom. The SMILES string of the molecule is NCCCC[C@H]1CN(C(=O)CCc2ccccc2)CC(=O)N[C@@H](Cc2ccccc2)CN(CC(N)=O)C(=O)CCSCc2ccc(cc2)C(=O)N[C@@H](Cc2ccccc2)CN(C(=O)CC2CC2)CC(=O)N[C@@H](Cc2c[nH]c3ccccc23)CN(C(=O)CC2CC2)CC(=O)N1. The van der Waals surface area contributed by atoms with E-state index in [4.69, 9.17) is 11.5 Å². The van der Waals surface area contributed by atoms with Gasteiger partial charge in [-0.1, -0.05) is 128 Å². The molecule has 0 saturated heterocycles. The number of para-hydroxylation sites is 1. The Morgan fingerprint density at radius 2 is 1.03 bits per heavy atom. The minimum atomic E-state index is -0.762. The molecule has 3 heterocycles.